The number of guanidine groups is 1. The fourth-order valence-electron chi connectivity index (χ4n) is 1.93. The molecule has 0 saturated carbocycles. The van der Waals surface area contributed by atoms with E-state index in [0.29, 0.717) is 25.5 Å². The SMILES string of the molecule is CN=C(NCc1cccc(F)c1)NCC(C)(C)CCS(C)(=O)=O. The molecule has 0 radical (unpaired) electrons. The second kappa shape index (κ2) is 8.29. The van der Waals surface area contributed by atoms with Gasteiger partial charge in [0.15, 0.2) is 5.96 Å². The third kappa shape index (κ3) is 8.54. The van der Waals surface area contributed by atoms with Gasteiger partial charge in [0.05, 0.1) is 5.75 Å². The van der Waals surface area contributed by atoms with E-state index >= 15 is 0 Å². The summed E-state index contributed by atoms with van der Waals surface area (Å²) in [5.74, 6) is 0.493. The average Bonchev–Trinajstić information content (AvgIpc) is 2.45. The van der Waals surface area contributed by atoms with Gasteiger partial charge in [-0.15, -0.1) is 0 Å². The molecule has 0 aliphatic carbocycles. The van der Waals surface area contributed by atoms with Gasteiger partial charge in [0.25, 0.3) is 0 Å². The van der Waals surface area contributed by atoms with Crippen molar-refractivity contribution in [2.75, 3.05) is 25.6 Å². The highest BCUT2D eigenvalue weighted by atomic mass is 32.2. The number of sulfone groups is 1. The average molecular weight is 343 g/mol. The third-order valence-electron chi connectivity index (χ3n) is 3.46. The molecule has 0 aliphatic rings. The summed E-state index contributed by atoms with van der Waals surface area (Å²) < 4.78 is 35.7. The van der Waals surface area contributed by atoms with Crippen molar-refractivity contribution in [1.29, 1.82) is 0 Å². The summed E-state index contributed by atoms with van der Waals surface area (Å²) in [7, 11) is -1.30. The van der Waals surface area contributed by atoms with E-state index in [-0.39, 0.29) is 17.0 Å². The zero-order valence-electron chi connectivity index (χ0n) is 14.2. The van der Waals surface area contributed by atoms with Gasteiger partial charge >= 0.3 is 0 Å². The van der Waals surface area contributed by atoms with Crippen LogP contribution in [0.3, 0.4) is 0 Å². The Kier molecular flexibility index (Phi) is 7.00. The van der Waals surface area contributed by atoms with Gasteiger partial charge in [-0.2, -0.15) is 0 Å². The number of nitrogens with one attached hydrogen (secondary N) is 2. The van der Waals surface area contributed by atoms with Crippen LogP contribution in [0.1, 0.15) is 25.8 Å². The third-order valence-corrected chi connectivity index (χ3v) is 4.40. The minimum atomic E-state index is -2.96. The summed E-state index contributed by atoms with van der Waals surface area (Å²) in [6.45, 7) is 5.06. The highest BCUT2D eigenvalue weighted by Gasteiger charge is 2.20. The molecule has 5 nitrogen and oxygen atoms in total. The standard InChI is InChI=1S/C16H26FN3O2S/c1-16(2,8-9-23(4,21)22)12-20-15(18-3)19-11-13-6-5-7-14(17)10-13/h5-7,10H,8-9,11-12H2,1-4H3,(H2,18,19,20). The Morgan fingerprint density at radius 3 is 2.57 bits per heavy atom. The van der Waals surface area contributed by atoms with Crippen molar-refractivity contribution < 1.29 is 12.8 Å². The summed E-state index contributed by atoms with van der Waals surface area (Å²) in [5.41, 5.74) is 0.642. The smallest absolute Gasteiger partial charge is 0.191 e. The molecule has 130 valence electrons. The highest BCUT2D eigenvalue weighted by Crippen LogP contribution is 2.19. The van der Waals surface area contributed by atoms with Gasteiger partial charge in [0, 0.05) is 26.4 Å². The summed E-state index contributed by atoms with van der Waals surface area (Å²) in [6.07, 6.45) is 1.82. The second-order valence-electron chi connectivity index (χ2n) is 6.45. The molecule has 7 heteroatoms. The summed E-state index contributed by atoms with van der Waals surface area (Å²) >= 11 is 0. The van der Waals surface area contributed by atoms with E-state index in [9.17, 15) is 12.8 Å². The molecule has 1 rings (SSSR count). The predicted molar refractivity (Wildman–Crippen MR) is 92.7 cm³/mol. The molecule has 23 heavy (non-hydrogen) atoms. The first-order valence-electron chi connectivity index (χ1n) is 7.48. The summed E-state index contributed by atoms with van der Waals surface area (Å²) in [5, 5.41) is 6.29. The van der Waals surface area contributed by atoms with E-state index in [0.717, 1.165) is 5.56 Å². The molecule has 0 unspecified atom stereocenters. The normalized spacial score (nSPS) is 13.0. The Balaban J connectivity index is 2.47. The molecular formula is C16H26FN3O2S. The molecule has 0 heterocycles. The van der Waals surface area contributed by atoms with Gasteiger partial charge in [-0.05, 0) is 29.5 Å². The van der Waals surface area contributed by atoms with Crippen LogP contribution >= 0.6 is 0 Å². The lowest BCUT2D eigenvalue weighted by molar-refractivity contribution is 0.348. The molecule has 0 spiro atoms. The molecule has 0 aromatic heterocycles. The van der Waals surface area contributed by atoms with E-state index < -0.39 is 9.84 Å². The number of aliphatic imine (C=N–C) groups is 1. The van der Waals surface area contributed by atoms with E-state index in [1.54, 1.807) is 13.1 Å². The van der Waals surface area contributed by atoms with Crippen molar-refractivity contribution in [3.63, 3.8) is 0 Å². The van der Waals surface area contributed by atoms with Crippen LogP contribution in [0, 0.1) is 11.2 Å². The van der Waals surface area contributed by atoms with E-state index in [1.807, 2.05) is 19.9 Å². The van der Waals surface area contributed by atoms with Crippen LogP contribution in [0.15, 0.2) is 29.3 Å². The van der Waals surface area contributed by atoms with Crippen molar-refractivity contribution >= 4 is 15.8 Å². The second-order valence-corrected chi connectivity index (χ2v) is 8.71. The number of halogens is 1. The van der Waals surface area contributed by atoms with Crippen LogP contribution in [0.2, 0.25) is 0 Å². The van der Waals surface area contributed by atoms with Crippen LogP contribution in [0.4, 0.5) is 4.39 Å². The van der Waals surface area contributed by atoms with Crippen LogP contribution in [-0.2, 0) is 16.4 Å². The largest absolute Gasteiger partial charge is 0.356 e. The molecule has 0 fully saturated rings. The number of rotatable bonds is 7. The quantitative estimate of drug-likeness (QED) is 0.586. The Hall–Kier alpha value is -1.63. The van der Waals surface area contributed by atoms with E-state index in [1.165, 1.54) is 18.4 Å². The molecule has 0 saturated heterocycles. The lowest BCUT2D eigenvalue weighted by atomic mass is 9.90. The minimum absolute atomic E-state index is 0.164. The first-order valence-corrected chi connectivity index (χ1v) is 9.54. The molecule has 0 amide bonds. The van der Waals surface area contributed by atoms with Crippen LogP contribution in [-0.4, -0.2) is 40.0 Å². The first-order chi connectivity index (χ1) is 10.6. The molecular weight excluding hydrogens is 317 g/mol. The van der Waals surface area contributed by atoms with Crippen molar-refractivity contribution in [2.24, 2.45) is 10.4 Å². The van der Waals surface area contributed by atoms with Crippen LogP contribution < -0.4 is 10.6 Å². The molecule has 1 aromatic carbocycles. The van der Waals surface area contributed by atoms with Crippen molar-refractivity contribution in [3.05, 3.63) is 35.6 Å². The maximum atomic E-state index is 13.1. The van der Waals surface area contributed by atoms with Crippen LogP contribution in [0.5, 0.6) is 0 Å². The van der Waals surface area contributed by atoms with Crippen molar-refractivity contribution in [2.45, 2.75) is 26.8 Å². The van der Waals surface area contributed by atoms with Gasteiger partial charge in [0.2, 0.25) is 0 Å². The Bertz CT molecular complexity index is 642. The molecule has 0 aliphatic heterocycles. The number of nitrogens with zero attached hydrogens (tertiary/aromatic N) is 1. The van der Waals surface area contributed by atoms with Gasteiger partial charge in [-0.25, -0.2) is 12.8 Å². The van der Waals surface area contributed by atoms with E-state index in [4.69, 9.17) is 0 Å². The Morgan fingerprint density at radius 2 is 2.00 bits per heavy atom. The zero-order chi connectivity index (χ0) is 17.5. The first kappa shape index (κ1) is 19.4. The minimum Gasteiger partial charge on any atom is -0.356 e. The predicted octanol–water partition coefficient (Wildman–Crippen LogP) is 1.95. The lowest BCUT2D eigenvalue weighted by Crippen LogP contribution is -2.42. The maximum absolute atomic E-state index is 13.1. The maximum Gasteiger partial charge on any atom is 0.191 e. The number of hydrogen-bond donors (Lipinski definition) is 2. The fourth-order valence-corrected chi connectivity index (χ4v) is 2.85. The summed E-state index contributed by atoms with van der Waals surface area (Å²) in [6, 6.07) is 6.37. The molecule has 0 bridgehead atoms. The van der Waals surface area contributed by atoms with Gasteiger partial charge in [-0.3, -0.25) is 4.99 Å². The zero-order valence-corrected chi connectivity index (χ0v) is 15.0. The number of benzene rings is 1. The summed E-state index contributed by atoms with van der Waals surface area (Å²) in [4.78, 5) is 4.12. The van der Waals surface area contributed by atoms with E-state index in [2.05, 4.69) is 15.6 Å². The van der Waals surface area contributed by atoms with Gasteiger partial charge in [-0.1, -0.05) is 26.0 Å². The van der Waals surface area contributed by atoms with Crippen LogP contribution in [0.25, 0.3) is 0 Å². The molecule has 2 N–H and O–H groups in total. The topological polar surface area (TPSA) is 70.6 Å². The van der Waals surface area contributed by atoms with Gasteiger partial charge in [0.1, 0.15) is 15.7 Å². The monoisotopic (exact) mass is 343 g/mol. The Morgan fingerprint density at radius 1 is 1.30 bits per heavy atom. The highest BCUT2D eigenvalue weighted by molar-refractivity contribution is 7.90. The Labute approximate surface area is 138 Å². The number of hydrogen-bond acceptors (Lipinski definition) is 3. The van der Waals surface area contributed by atoms with Gasteiger partial charge < -0.3 is 10.6 Å². The lowest BCUT2D eigenvalue weighted by Gasteiger charge is -2.25. The molecule has 0 atom stereocenters. The molecule has 1 aromatic rings. The van der Waals surface area contributed by atoms with Crippen molar-refractivity contribution in [3.8, 4) is 0 Å². The van der Waals surface area contributed by atoms with Crippen molar-refractivity contribution in [1.82, 2.24) is 10.6 Å². The fraction of sp³-hybridized carbons (Fsp3) is 0.562.